The van der Waals surface area contributed by atoms with Gasteiger partial charge in [-0.25, -0.2) is 18.1 Å². The first-order valence-electron chi connectivity index (χ1n) is 7.71. The van der Waals surface area contributed by atoms with Crippen LogP contribution in [0.15, 0.2) is 23.4 Å². The molecule has 0 aliphatic heterocycles. The molecule has 1 heterocycles. The van der Waals surface area contributed by atoms with Gasteiger partial charge < -0.3 is 5.32 Å². The third-order valence-corrected chi connectivity index (χ3v) is 5.91. The van der Waals surface area contributed by atoms with Gasteiger partial charge in [-0.15, -0.1) is 0 Å². The van der Waals surface area contributed by atoms with Gasteiger partial charge in [-0.1, -0.05) is 13.0 Å². The molecule has 2 aliphatic rings. The highest BCUT2D eigenvalue weighted by Crippen LogP contribution is 2.48. The first-order chi connectivity index (χ1) is 10.0. The lowest BCUT2D eigenvalue weighted by molar-refractivity contribution is 0.475. The second-order valence-corrected chi connectivity index (χ2v) is 8.05. The van der Waals surface area contributed by atoms with Crippen LogP contribution in [-0.4, -0.2) is 26.0 Å². The van der Waals surface area contributed by atoms with Crippen LogP contribution in [0.1, 0.15) is 44.6 Å². The van der Waals surface area contributed by atoms with Crippen molar-refractivity contribution in [3.63, 3.8) is 0 Å². The van der Waals surface area contributed by atoms with Crippen LogP contribution < -0.4 is 10.0 Å². The summed E-state index contributed by atoms with van der Waals surface area (Å²) in [5, 5.41) is 3.50. The second-order valence-electron chi connectivity index (χ2n) is 6.34. The SMILES string of the molecule is CCC1(CNS(=O)(=O)c2ccc(CNC3CC3)cn2)CC1. The maximum Gasteiger partial charge on any atom is 0.258 e. The fraction of sp³-hybridized carbons (Fsp3) is 0.667. The Bertz CT molecular complexity index is 590. The lowest BCUT2D eigenvalue weighted by atomic mass is 10.1. The van der Waals surface area contributed by atoms with Crippen LogP contribution in [0.3, 0.4) is 0 Å². The van der Waals surface area contributed by atoms with Crippen molar-refractivity contribution in [2.24, 2.45) is 5.41 Å². The summed E-state index contributed by atoms with van der Waals surface area (Å²) in [6, 6.07) is 4.07. The van der Waals surface area contributed by atoms with Crippen LogP contribution in [-0.2, 0) is 16.6 Å². The molecule has 6 heteroatoms. The Hall–Kier alpha value is -0.980. The molecule has 2 N–H and O–H groups in total. The predicted molar refractivity (Wildman–Crippen MR) is 81.2 cm³/mol. The van der Waals surface area contributed by atoms with E-state index in [1.807, 2.05) is 6.07 Å². The van der Waals surface area contributed by atoms with E-state index in [1.165, 1.54) is 12.8 Å². The number of sulfonamides is 1. The van der Waals surface area contributed by atoms with Gasteiger partial charge in [0.1, 0.15) is 0 Å². The van der Waals surface area contributed by atoms with E-state index in [0.717, 1.165) is 31.4 Å². The van der Waals surface area contributed by atoms with Gasteiger partial charge in [0, 0.05) is 25.3 Å². The molecule has 5 nitrogen and oxygen atoms in total. The average Bonchev–Trinajstić information content (AvgIpc) is 3.39. The largest absolute Gasteiger partial charge is 0.310 e. The van der Waals surface area contributed by atoms with E-state index >= 15 is 0 Å². The first-order valence-corrected chi connectivity index (χ1v) is 9.19. The molecule has 1 aromatic rings. The van der Waals surface area contributed by atoms with Gasteiger partial charge in [0.2, 0.25) is 0 Å². The van der Waals surface area contributed by atoms with Crippen molar-refractivity contribution in [1.82, 2.24) is 15.0 Å². The number of nitrogens with zero attached hydrogens (tertiary/aromatic N) is 1. The standard InChI is InChI=1S/C15H23N3O2S/c1-2-15(7-8-15)11-18-21(19,20)14-6-3-12(10-17-14)9-16-13-4-5-13/h3,6,10,13,16,18H,2,4-5,7-9,11H2,1H3. The molecule has 1 aromatic heterocycles. The van der Waals surface area contributed by atoms with Crippen LogP contribution in [0.2, 0.25) is 0 Å². The molecule has 0 amide bonds. The third-order valence-electron chi connectivity index (χ3n) is 4.59. The molecular formula is C15H23N3O2S. The molecular weight excluding hydrogens is 286 g/mol. The van der Waals surface area contributed by atoms with Crippen molar-refractivity contribution in [2.75, 3.05) is 6.54 Å². The average molecular weight is 309 g/mol. The molecule has 0 bridgehead atoms. The number of aromatic nitrogens is 1. The minimum absolute atomic E-state index is 0.115. The molecule has 0 radical (unpaired) electrons. The second kappa shape index (κ2) is 5.66. The van der Waals surface area contributed by atoms with E-state index < -0.39 is 10.0 Å². The van der Waals surface area contributed by atoms with Crippen molar-refractivity contribution in [2.45, 2.75) is 56.6 Å². The summed E-state index contributed by atoms with van der Waals surface area (Å²) in [5.74, 6) is 0. The molecule has 0 aromatic carbocycles. The van der Waals surface area contributed by atoms with Crippen molar-refractivity contribution >= 4 is 10.0 Å². The summed E-state index contributed by atoms with van der Waals surface area (Å²) in [6.07, 6.45) is 7.38. The molecule has 2 aliphatic carbocycles. The van der Waals surface area contributed by atoms with Crippen molar-refractivity contribution < 1.29 is 8.42 Å². The maximum absolute atomic E-state index is 12.2. The summed E-state index contributed by atoms with van der Waals surface area (Å²) in [6.45, 7) is 3.39. The topological polar surface area (TPSA) is 71.1 Å². The molecule has 0 saturated heterocycles. The highest BCUT2D eigenvalue weighted by Gasteiger charge is 2.41. The summed E-state index contributed by atoms with van der Waals surface area (Å²) < 4.78 is 27.1. The number of nitrogens with one attached hydrogen (secondary N) is 2. The Morgan fingerprint density at radius 3 is 2.62 bits per heavy atom. The Kier molecular flexibility index (Phi) is 4.03. The Morgan fingerprint density at radius 2 is 2.10 bits per heavy atom. The van der Waals surface area contributed by atoms with Gasteiger partial charge in [0.15, 0.2) is 5.03 Å². The van der Waals surface area contributed by atoms with E-state index in [1.54, 1.807) is 12.3 Å². The van der Waals surface area contributed by atoms with Gasteiger partial charge in [0.05, 0.1) is 0 Å². The Labute approximate surface area is 126 Å². The Morgan fingerprint density at radius 1 is 1.33 bits per heavy atom. The van der Waals surface area contributed by atoms with E-state index in [0.29, 0.717) is 12.6 Å². The van der Waals surface area contributed by atoms with E-state index in [2.05, 4.69) is 21.9 Å². The molecule has 3 rings (SSSR count). The van der Waals surface area contributed by atoms with Crippen molar-refractivity contribution in [3.05, 3.63) is 23.9 Å². The summed E-state index contributed by atoms with van der Waals surface area (Å²) >= 11 is 0. The number of rotatable bonds is 8. The van der Waals surface area contributed by atoms with Crippen LogP contribution in [0.5, 0.6) is 0 Å². The lowest BCUT2D eigenvalue weighted by Gasteiger charge is -2.13. The monoisotopic (exact) mass is 309 g/mol. The Balaban J connectivity index is 1.58. The van der Waals surface area contributed by atoms with Crippen molar-refractivity contribution in [1.29, 1.82) is 0 Å². The molecule has 0 atom stereocenters. The first kappa shape index (κ1) is 14.9. The summed E-state index contributed by atoms with van der Waals surface area (Å²) in [4.78, 5) is 4.11. The number of hydrogen-bond acceptors (Lipinski definition) is 4. The fourth-order valence-corrected chi connectivity index (χ4v) is 3.46. The molecule has 0 spiro atoms. The van der Waals surface area contributed by atoms with E-state index in [9.17, 15) is 8.42 Å². The van der Waals surface area contributed by atoms with Gasteiger partial charge in [-0.05, 0) is 49.1 Å². The minimum Gasteiger partial charge on any atom is -0.310 e. The number of hydrogen-bond donors (Lipinski definition) is 2. The quantitative estimate of drug-likeness (QED) is 0.768. The maximum atomic E-state index is 12.2. The van der Waals surface area contributed by atoms with Gasteiger partial charge in [0.25, 0.3) is 10.0 Å². The minimum atomic E-state index is -3.48. The summed E-state index contributed by atoms with van der Waals surface area (Å²) in [7, 11) is -3.48. The zero-order valence-electron chi connectivity index (χ0n) is 12.4. The van der Waals surface area contributed by atoms with E-state index in [-0.39, 0.29) is 10.4 Å². The van der Waals surface area contributed by atoms with Gasteiger partial charge in [-0.2, -0.15) is 0 Å². The van der Waals surface area contributed by atoms with Crippen LogP contribution in [0.25, 0.3) is 0 Å². The zero-order chi connectivity index (χ0) is 14.9. The lowest BCUT2D eigenvalue weighted by Crippen LogP contribution is -2.30. The molecule has 21 heavy (non-hydrogen) atoms. The van der Waals surface area contributed by atoms with Crippen molar-refractivity contribution in [3.8, 4) is 0 Å². The van der Waals surface area contributed by atoms with E-state index in [4.69, 9.17) is 0 Å². The predicted octanol–water partition coefficient (Wildman–Crippen LogP) is 1.80. The zero-order valence-corrected chi connectivity index (χ0v) is 13.2. The molecule has 2 saturated carbocycles. The smallest absolute Gasteiger partial charge is 0.258 e. The van der Waals surface area contributed by atoms with Crippen LogP contribution in [0, 0.1) is 5.41 Å². The normalized spacial score (nSPS) is 20.4. The van der Waals surface area contributed by atoms with Gasteiger partial charge >= 0.3 is 0 Å². The highest BCUT2D eigenvalue weighted by atomic mass is 32.2. The fourth-order valence-electron chi connectivity index (χ4n) is 2.38. The highest BCUT2D eigenvalue weighted by molar-refractivity contribution is 7.89. The number of pyridine rings is 1. The van der Waals surface area contributed by atoms with Crippen LogP contribution in [0.4, 0.5) is 0 Å². The molecule has 116 valence electrons. The van der Waals surface area contributed by atoms with Crippen LogP contribution >= 0.6 is 0 Å². The molecule has 2 fully saturated rings. The molecule has 0 unspecified atom stereocenters. The summed E-state index contributed by atoms with van der Waals surface area (Å²) in [5.41, 5.74) is 1.22. The van der Waals surface area contributed by atoms with Gasteiger partial charge in [-0.3, -0.25) is 0 Å². The third kappa shape index (κ3) is 3.81.